The number of nitro groups is 1. The zero-order chi connectivity index (χ0) is 13.2. The summed E-state index contributed by atoms with van der Waals surface area (Å²) in [6.07, 6.45) is -6.43. The van der Waals surface area contributed by atoms with Gasteiger partial charge < -0.3 is 10.5 Å². The molecule has 1 aromatic carbocycles. The van der Waals surface area contributed by atoms with Crippen molar-refractivity contribution in [2.75, 3.05) is 5.73 Å². The minimum atomic E-state index is -3.44. The van der Waals surface area contributed by atoms with E-state index < -0.39 is 40.6 Å². The van der Waals surface area contributed by atoms with Gasteiger partial charge in [-0.05, 0) is 0 Å². The van der Waals surface area contributed by atoms with Crippen molar-refractivity contribution >= 4 is 11.4 Å². The molecule has 0 saturated heterocycles. The number of nitrogens with two attached hydrogens (primary N) is 1. The third-order valence-corrected chi connectivity index (χ3v) is 1.71. The summed E-state index contributed by atoms with van der Waals surface area (Å²) < 4.78 is 53.2. The summed E-state index contributed by atoms with van der Waals surface area (Å²) >= 11 is 0. The first-order valence-electron chi connectivity index (χ1n) is 4.15. The molecule has 1 rings (SSSR count). The van der Waals surface area contributed by atoms with E-state index in [9.17, 15) is 27.7 Å². The third kappa shape index (κ3) is 2.95. The highest BCUT2D eigenvalue weighted by Crippen LogP contribution is 2.31. The first-order chi connectivity index (χ1) is 7.82. The van der Waals surface area contributed by atoms with E-state index in [4.69, 9.17) is 5.73 Å². The lowest BCUT2D eigenvalue weighted by atomic mass is 10.2. The van der Waals surface area contributed by atoms with Crippen molar-refractivity contribution in [2.24, 2.45) is 0 Å². The highest BCUT2D eigenvalue weighted by atomic mass is 19.3. The predicted octanol–water partition coefficient (Wildman–Crippen LogP) is 2.26. The fraction of sp³-hybridized carbons (Fsp3) is 0.250. The molecule has 1 aromatic rings. The highest BCUT2D eigenvalue weighted by molar-refractivity contribution is 5.59. The van der Waals surface area contributed by atoms with E-state index in [-0.39, 0.29) is 0 Å². The Kier molecular flexibility index (Phi) is 3.71. The van der Waals surface area contributed by atoms with Gasteiger partial charge >= 0.3 is 12.1 Å². The molecule has 0 fully saturated rings. The molecule has 1 atom stereocenters. The van der Waals surface area contributed by atoms with Crippen molar-refractivity contribution in [3.8, 4) is 5.75 Å². The molecule has 9 heteroatoms. The standard InChI is InChI=1S/C8H6F4N2O3/c9-3-1-6(17-8(12)7(10)11)4(13)2-5(3)14(15)16/h1-2,7-8H,13H2. The van der Waals surface area contributed by atoms with Gasteiger partial charge in [0.05, 0.1) is 10.6 Å². The normalized spacial score (nSPS) is 12.5. The topological polar surface area (TPSA) is 78.4 Å². The molecular formula is C8H6F4N2O3. The summed E-state index contributed by atoms with van der Waals surface area (Å²) in [6.45, 7) is 0. The van der Waals surface area contributed by atoms with Crippen LogP contribution in [0.4, 0.5) is 28.9 Å². The SMILES string of the molecule is Nc1cc([N+](=O)[O-])c(F)cc1OC(F)C(F)F. The lowest BCUT2D eigenvalue weighted by Crippen LogP contribution is -2.20. The van der Waals surface area contributed by atoms with Crippen molar-refractivity contribution in [1.29, 1.82) is 0 Å². The Bertz CT molecular complexity index is 441. The molecule has 0 aromatic heterocycles. The predicted molar refractivity (Wildman–Crippen MR) is 49.0 cm³/mol. The molecule has 0 amide bonds. The molecule has 0 heterocycles. The van der Waals surface area contributed by atoms with Crippen LogP contribution in [0.1, 0.15) is 0 Å². The summed E-state index contributed by atoms with van der Waals surface area (Å²) in [4.78, 5) is 9.23. The summed E-state index contributed by atoms with van der Waals surface area (Å²) in [5.74, 6) is -2.08. The number of benzene rings is 1. The van der Waals surface area contributed by atoms with Crippen LogP contribution in [0.2, 0.25) is 0 Å². The fourth-order valence-corrected chi connectivity index (χ4v) is 0.974. The van der Waals surface area contributed by atoms with Gasteiger partial charge in [0.2, 0.25) is 5.82 Å². The van der Waals surface area contributed by atoms with Crippen molar-refractivity contribution in [2.45, 2.75) is 12.8 Å². The quantitative estimate of drug-likeness (QED) is 0.387. The van der Waals surface area contributed by atoms with Crippen LogP contribution < -0.4 is 10.5 Å². The van der Waals surface area contributed by atoms with E-state index in [0.29, 0.717) is 12.1 Å². The Balaban J connectivity index is 3.03. The van der Waals surface area contributed by atoms with Crippen molar-refractivity contribution in [3.63, 3.8) is 0 Å². The minimum absolute atomic E-state index is 0.377. The number of hydrogen-bond donors (Lipinski definition) is 1. The van der Waals surface area contributed by atoms with Crippen LogP contribution in [-0.4, -0.2) is 17.7 Å². The van der Waals surface area contributed by atoms with Gasteiger partial charge in [0.15, 0.2) is 0 Å². The van der Waals surface area contributed by atoms with Crippen LogP contribution in [0.25, 0.3) is 0 Å². The minimum Gasteiger partial charge on any atom is -0.452 e. The molecule has 0 saturated carbocycles. The lowest BCUT2D eigenvalue weighted by molar-refractivity contribution is -0.387. The van der Waals surface area contributed by atoms with Crippen LogP contribution in [-0.2, 0) is 0 Å². The number of nitrogens with zero attached hydrogens (tertiary/aromatic N) is 1. The van der Waals surface area contributed by atoms with Crippen LogP contribution in [0.3, 0.4) is 0 Å². The molecule has 2 N–H and O–H groups in total. The van der Waals surface area contributed by atoms with Gasteiger partial charge in [0.1, 0.15) is 5.75 Å². The number of halogens is 4. The van der Waals surface area contributed by atoms with Gasteiger partial charge in [-0.1, -0.05) is 0 Å². The number of rotatable bonds is 4. The molecule has 0 aliphatic rings. The zero-order valence-electron chi connectivity index (χ0n) is 8.07. The first-order valence-corrected chi connectivity index (χ1v) is 4.15. The lowest BCUT2D eigenvalue weighted by Gasteiger charge is -2.12. The Morgan fingerprint density at radius 3 is 2.41 bits per heavy atom. The Morgan fingerprint density at radius 1 is 1.35 bits per heavy atom. The van der Waals surface area contributed by atoms with Crippen LogP contribution in [0, 0.1) is 15.9 Å². The van der Waals surface area contributed by atoms with Gasteiger partial charge in [0, 0.05) is 12.1 Å². The maximum Gasteiger partial charge on any atom is 0.307 e. The van der Waals surface area contributed by atoms with Crippen molar-refractivity contribution in [1.82, 2.24) is 0 Å². The Labute approximate surface area is 91.9 Å². The summed E-state index contributed by atoms with van der Waals surface area (Å²) in [5.41, 5.74) is 3.70. The zero-order valence-corrected chi connectivity index (χ0v) is 8.07. The molecule has 5 nitrogen and oxygen atoms in total. The molecule has 0 aliphatic carbocycles. The van der Waals surface area contributed by atoms with E-state index in [1.165, 1.54) is 0 Å². The van der Waals surface area contributed by atoms with Crippen molar-refractivity contribution in [3.05, 3.63) is 28.1 Å². The number of nitro benzene ring substituents is 1. The molecule has 0 spiro atoms. The van der Waals surface area contributed by atoms with E-state index in [0.717, 1.165) is 0 Å². The Hall–Kier alpha value is -2.06. The monoisotopic (exact) mass is 254 g/mol. The first kappa shape index (κ1) is 13.0. The molecule has 0 bridgehead atoms. The summed E-state index contributed by atoms with van der Waals surface area (Å²) in [6, 6.07) is 0.936. The van der Waals surface area contributed by atoms with Crippen LogP contribution in [0.5, 0.6) is 5.75 Å². The second kappa shape index (κ2) is 4.85. The smallest absolute Gasteiger partial charge is 0.307 e. The molecule has 1 unspecified atom stereocenters. The number of ether oxygens (including phenoxy) is 1. The Morgan fingerprint density at radius 2 is 1.94 bits per heavy atom. The third-order valence-electron chi connectivity index (χ3n) is 1.71. The van der Waals surface area contributed by atoms with E-state index in [2.05, 4.69) is 4.74 Å². The largest absolute Gasteiger partial charge is 0.452 e. The molecule has 0 radical (unpaired) electrons. The second-order valence-corrected chi connectivity index (χ2v) is 2.90. The number of anilines is 1. The van der Waals surface area contributed by atoms with Crippen LogP contribution >= 0.6 is 0 Å². The molecule has 17 heavy (non-hydrogen) atoms. The van der Waals surface area contributed by atoms with Gasteiger partial charge in [-0.15, -0.1) is 0 Å². The van der Waals surface area contributed by atoms with Crippen molar-refractivity contribution < 1.29 is 27.2 Å². The average molecular weight is 254 g/mol. The average Bonchev–Trinajstić information content (AvgIpc) is 2.22. The molecule has 94 valence electrons. The van der Waals surface area contributed by atoms with E-state index in [1.54, 1.807) is 0 Å². The highest BCUT2D eigenvalue weighted by Gasteiger charge is 2.24. The van der Waals surface area contributed by atoms with Gasteiger partial charge in [0.25, 0.3) is 6.36 Å². The van der Waals surface area contributed by atoms with Gasteiger partial charge in [-0.2, -0.15) is 8.78 Å². The van der Waals surface area contributed by atoms with E-state index in [1.807, 2.05) is 0 Å². The number of nitrogen functional groups attached to an aromatic ring is 1. The fourth-order valence-electron chi connectivity index (χ4n) is 0.974. The second-order valence-electron chi connectivity index (χ2n) is 2.90. The van der Waals surface area contributed by atoms with Gasteiger partial charge in [-0.3, -0.25) is 10.1 Å². The maximum atomic E-state index is 13.0. The molecular weight excluding hydrogens is 248 g/mol. The summed E-state index contributed by atoms with van der Waals surface area (Å²) in [7, 11) is 0. The van der Waals surface area contributed by atoms with E-state index >= 15 is 0 Å². The number of hydrogen-bond acceptors (Lipinski definition) is 4. The summed E-state index contributed by atoms with van der Waals surface area (Å²) in [5, 5.41) is 10.3. The maximum absolute atomic E-state index is 13.0. The number of alkyl halides is 3. The van der Waals surface area contributed by atoms with Gasteiger partial charge in [-0.25, -0.2) is 8.78 Å². The van der Waals surface area contributed by atoms with Crippen LogP contribution in [0.15, 0.2) is 12.1 Å². The molecule has 0 aliphatic heterocycles.